The number of rotatable bonds is 1. The van der Waals surface area contributed by atoms with E-state index in [4.69, 9.17) is 0 Å². The van der Waals surface area contributed by atoms with Crippen molar-refractivity contribution in [2.24, 2.45) is 0 Å². The zero-order valence-corrected chi connectivity index (χ0v) is 7.85. The molecule has 0 heterocycles. The van der Waals surface area contributed by atoms with E-state index >= 15 is 0 Å². The molecular weight excluding hydrogens is 172 g/mol. The van der Waals surface area contributed by atoms with Crippen LogP contribution in [0.4, 0.5) is 0 Å². The number of aryl methyl sites for hydroxylation is 1. The van der Waals surface area contributed by atoms with Crippen LogP contribution in [-0.2, 0) is 15.6 Å². The molecule has 3 heteroatoms. The van der Waals surface area contributed by atoms with Crippen LogP contribution in [0.15, 0.2) is 29.2 Å². The van der Waals surface area contributed by atoms with Crippen LogP contribution in [0.1, 0.15) is 12.5 Å². The smallest absolute Gasteiger partial charge is 0.220 e. The van der Waals surface area contributed by atoms with Gasteiger partial charge in [0.05, 0.1) is 0 Å². The summed E-state index contributed by atoms with van der Waals surface area (Å²) in [5, 5.41) is -0.307. The molecule has 0 saturated carbocycles. The summed E-state index contributed by atoms with van der Waals surface area (Å²) in [4.78, 5) is 11.3. The Morgan fingerprint density at radius 3 is 2.17 bits per heavy atom. The predicted octanol–water partition coefficient (Wildman–Crippen LogP) is 1.65. The maximum absolute atomic E-state index is 11.2. The van der Waals surface area contributed by atoms with Crippen molar-refractivity contribution < 1.29 is 9.00 Å². The van der Waals surface area contributed by atoms with Crippen molar-refractivity contribution in [2.75, 3.05) is 0 Å². The van der Waals surface area contributed by atoms with Crippen LogP contribution in [0.3, 0.4) is 0 Å². The third-order valence-corrected chi connectivity index (χ3v) is 2.72. The molecule has 64 valence electrons. The largest absolute Gasteiger partial charge is 0.284 e. The van der Waals surface area contributed by atoms with Crippen molar-refractivity contribution in [1.29, 1.82) is 0 Å². The number of hydrogen-bond donors (Lipinski definition) is 0. The molecule has 12 heavy (non-hydrogen) atoms. The number of benzene rings is 1. The molecule has 1 unspecified atom stereocenters. The van der Waals surface area contributed by atoms with Crippen molar-refractivity contribution >= 4 is 15.9 Å². The second-order valence-electron chi connectivity index (χ2n) is 2.57. The summed E-state index contributed by atoms with van der Waals surface area (Å²) in [6.07, 6.45) is 0. The fourth-order valence-electron chi connectivity index (χ4n) is 0.828. The van der Waals surface area contributed by atoms with Gasteiger partial charge in [0.2, 0.25) is 5.12 Å². The van der Waals surface area contributed by atoms with E-state index in [0.717, 1.165) is 5.56 Å². The maximum atomic E-state index is 11.2. The summed E-state index contributed by atoms with van der Waals surface area (Å²) < 4.78 is 11.2. The molecule has 1 atom stereocenters. The maximum Gasteiger partial charge on any atom is 0.220 e. The summed E-state index contributed by atoms with van der Waals surface area (Å²) in [6.45, 7) is 3.27. The molecule has 0 aliphatic heterocycles. The highest BCUT2D eigenvalue weighted by Gasteiger charge is 2.07. The molecule has 0 aliphatic rings. The molecule has 0 N–H and O–H groups in total. The highest BCUT2D eigenvalue weighted by Crippen LogP contribution is 2.08. The zero-order chi connectivity index (χ0) is 9.14. The lowest BCUT2D eigenvalue weighted by atomic mass is 10.2. The van der Waals surface area contributed by atoms with Gasteiger partial charge in [-0.25, -0.2) is 4.21 Å². The van der Waals surface area contributed by atoms with Crippen LogP contribution in [-0.4, -0.2) is 9.32 Å². The molecule has 0 saturated heterocycles. The molecule has 1 rings (SSSR count). The van der Waals surface area contributed by atoms with Gasteiger partial charge < -0.3 is 0 Å². The Labute approximate surface area is 74.1 Å². The second kappa shape index (κ2) is 3.63. The lowest BCUT2D eigenvalue weighted by Gasteiger charge is -1.97. The molecule has 2 nitrogen and oxygen atoms in total. The van der Waals surface area contributed by atoms with Crippen molar-refractivity contribution in [1.82, 2.24) is 0 Å². The first-order valence-electron chi connectivity index (χ1n) is 3.60. The summed E-state index contributed by atoms with van der Waals surface area (Å²) in [5.41, 5.74) is 1.10. The van der Waals surface area contributed by atoms with Crippen LogP contribution in [0.5, 0.6) is 0 Å². The first kappa shape index (κ1) is 9.13. The molecule has 0 aliphatic carbocycles. The third kappa shape index (κ3) is 2.01. The summed E-state index contributed by atoms with van der Waals surface area (Å²) in [5.74, 6) is 0. The molecule has 0 amide bonds. The van der Waals surface area contributed by atoms with E-state index in [-0.39, 0.29) is 5.12 Å². The number of hydrogen-bond acceptors (Lipinski definition) is 2. The molecule has 0 aromatic heterocycles. The second-order valence-corrected chi connectivity index (χ2v) is 4.16. The highest BCUT2D eigenvalue weighted by atomic mass is 32.2. The minimum absolute atomic E-state index is 0.307. The average Bonchev–Trinajstić information content (AvgIpc) is 2.04. The molecule has 0 fully saturated rings. The van der Waals surface area contributed by atoms with E-state index in [1.54, 1.807) is 12.1 Å². The van der Waals surface area contributed by atoms with Crippen LogP contribution >= 0.6 is 0 Å². The standard InChI is InChI=1S/C9H10O2S/c1-7-3-5-9(6-4-7)12(11)8(2)10/h3-6H,1-2H3. The van der Waals surface area contributed by atoms with Crippen LogP contribution < -0.4 is 0 Å². The van der Waals surface area contributed by atoms with E-state index in [0.29, 0.717) is 4.90 Å². The van der Waals surface area contributed by atoms with E-state index in [1.165, 1.54) is 6.92 Å². The van der Waals surface area contributed by atoms with Gasteiger partial charge in [0, 0.05) is 11.8 Å². The van der Waals surface area contributed by atoms with Crippen molar-refractivity contribution in [3.05, 3.63) is 29.8 Å². The Kier molecular flexibility index (Phi) is 2.76. The number of carbonyl (C=O) groups is 1. The van der Waals surface area contributed by atoms with Gasteiger partial charge in [0.15, 0.2) is 0 Å². The Morgan fingerprint density at radius 2 is 1.75 bits per heavy atom. The Hall–Kier alpha value is -0.960. The van der Waals surface area contributed by atoms with E-state index < -0.39 is 10.8 Å². The lowest BCUT2D eigenvalue weighted by molar-refractivity contribution is -0.109. The lowest BCUT2D eigenvalue weighted by Crippen LogP contribution is -2.01. The Bertz CT molecular complexity index is 314. The van der Waals surface area contributed by atoms with Gasteiger partial charge >= 0.3 is 0 Å². The first-order chi connectivity index (χ1) is 5.61. The van der Waals surface area contributed by atoms with Gasteiger partial charge in [-0.3, -0.25) is 4.79 Å². The van der Waals surface area contributed by atoms with E-state index in [9.17, 15) is 9.00 Å². The van der Waals surface area contributed by atoms with Crippen molar-refractivity contribution in [3.8, 4) is 0 Å². The number of carbonyl (C=O) groups excluding carboxylic acids is 1. The van der Waals surface area contributed by atoms with Gasteiger partial charge in [0.1, 0.15) is 10.8 Å². The fraction of sp³-hybridized carbons (Fsp3) is 0.222. The quantitative estimate of drug-likeness (QED) is 0.661. The molecule has 1 aromatic rings. The van der Waals surface area contributed by atoms with Gasteiger partial charge in [-0.05, 0) is 19.1 Å². The average molecular weight is 182 g/mol. The highest BCUT2D eigenvalue weighted by molar-refractivity contribution is 8.00. The van der Waals surface area contributed by atoms with Gasteiger partial charge in [-0.2, -0.15) is 0 Å². The molecule has 0 radical (unpaired) electrons. The van der Waals surface area contributed by atoms with Crippen LogP contribution in [0, 0.1) is 6.92 Å². The van der Waals surface area contributed by atoms with Gasteiger partial charge in [0.25, 0.3) is 0 Å². The predicted molar refractivity (Wildman–Crippen MR) is 48.3 cm³/mol. The van der Waals surface area contributed by atoms with E-state index in [2.05, 4.69) is 0 Å². The van der Waals surface area contributed by atoms with Gasteiger partial charge in [-0.1, -0.05) is 17.7 Å². The topological polar surface area (TPSA) is 34.1 Å². The SMILES string of the molecule is CC(=O)S(=O)c1ccc(C)cc1. The summed E-state index contributed by atoms with van der Waals surface area (Å²) in [7, 11) is -1.48. The first-order valence-corrected chi connectivity index (χ1v) is 4.75. The summed E-state index contributed by atoms with van der Waals surface area (Å²) in [6, 6.07) is 7.12. The van der Waals surface area contributed by atoms with E-state index in [1.807, 2.05) is 19.1 Å². The van der Waals surface area contributed by atoms with Crippen LogP contribution in [0.2, 0.25) is 0 Å². The van der Waals surface area contributed by atoms with Gasteiger partial charge in [-0.15, -0.1) is 0 Å². The summed E-state index contributed by atoms with van der Waals surface area (Å²) >= 11 is 0. The zero-order valence-electron chi connectivity index (χ0n) is 7.03. The minimum Gasteiger partial charge on any atom is -0.284 e. The minimum atomic E-state index is -1.48. The Balaban J connectivity index is 2.98. The third-order valence-electron chi connectivity index (χ3n) is 1.50. The molecule has 0 bridgehead atoms. The monoisotopic (exact) mass is 182 g/mol. The normalized spacial score (nSPS) is 12.5. The molecular formula is C9H10O2S. The van der Waals surface area contributed by atoms with Crippen molar-refractivity contribution in [3.63, 3.8) is 0 Å². The van der Waals surface area contributed by atoms with Crippen LogP contribution in [0.25, 0.3) is 0 Å². The fourth-order valence-corrected chi connectivity index (χ4v) is 1.54. The molecule has 0 spiro atoms. The Morgan fingerprint density at radius 1 is 1.25 bits per heavy atom. The van der Waals surface area contributed by atoms with Crippen molar-refractivity contribution in [2.45, 2.75) is 18.7 Å². The molecule has 1 aromatic carbocycles.